The molecule has 1 aromatic heterocycles. The highest BCUT2D eigenvalue weighted by atomic mass is 35.5. The third-order valence-electron chi connectivity index (χ3n) is 4.33. The van der Waals surface area contributed by atoms with Crippen molar-refractivity contribution < 1.29 is 13.0 Å². The predicted octanol–water partition coefficient (Wildman–Crippen LogP) is 5.84. The first-order valence-electron chi connectivity index (χ1n) is 8.75. The topological polar surface area (TPSA) is 73.3 Å². The fraction of sp³-hybridized carbons (Fsp3) is 0.211. The van der Waals surface area contributed by atoms with Gasteiger partial charge in [0, 0.05) is 33.3 Å². The van der Waals surface area contributed by atoms with Gasteiger partial charge in [0.1, 0.15) is 5.01 Å². The van der Waals surface area contributed by atoms with Gasteiger partial charge in [-0.05, 0) is 49.2 Å². The lowest BCUT2D eigenvalue weighted by atomic mass is 10.2. The lowest BCUT2D eigenvalue weighted by molar-refractivity contribution is 0.460. The van der Waals surface area contributed by atoms with E-state index in [4.69, 9.17) is 23.2 Å². The van der Waals surface area contributed by atoms with Crippen molar-refractivity contribution in [2.75, 3.05) is 17.2 Å². The zero-order valence-electron chi connectivity index (χ0n) is 15.0. The number of thioether (sulfide) groups is 1. The number of anilines is 1. The maximum atomic E-state index is 10.9. The molecule has 0 spiro atoms. The van der Waals surface area contributed by atoms with Gasteiger partial charge in [-0.15, -0.1) is 11.3 Å². The number of halogens is 2. The number of hydrogen-bond acceptors (Lipinski definition) is 7. The Morgan fingerprint density at radius 3 is 2.66 bits per heavy atom. The fourth-order valence-electron chi connectivity index (χ4n) is 3.05. The Balaban J connectivity index is 1.62. The van der Waals surface area contributed by atoms with Crippen LogP contribution in [0.1, 0.15) is 17.8 Å². The summed E-state index contributed by atoms with van der Waals surface area (Å²) in [7, 11) is -4.20. The van der Waals surface area contributed by atoms with Crippen LogP contribution in [-0.2, 0) is 10.1 Å². The van der Waals surface area contributed by atoms with Gasteiger partial charge in [-0.2, -0.15) is 0 Å². The molecule has 5 nitrogen and oxygen atoms in total. The Morgan fingerprint density at radius 2 is 1.86 bits per heavy atom. The third kappa shape index (κ3) is 5.07. The van der Waals surface area contributed by atoms with Crippen molar-refractivity contribution in [3.05, 3.63) is 56.5 Å². The molecule has 29 heavy (non-hydrogen) atoms. The Kier molecular flexibility index (Phi) is 6.11. The lowest BCUT2D eigenvalue weighted by Gasteiger charge is -2.20. The van der Waals surface area contributed by atoms with Crippen LogP contribution in [0.15, 0.2) is 46.3 Å². The van der Waals surface area contributed by atoms with Crippen LogP contribution >= 0.6 is 46.3 Å². The lowest BCUT2D eigenvalue weighted by Crippen LogP contribution is -2.19. The zero-order chi connectivity index (χ0) is 20.6. The number of hydrogen-bond donors (Lipinski definition) is 0. The largest absolute Gasteiger partial charge is 0.748 e. The molecule has 3 aromatic rings. The molecule has 0 N–H and O–H groups in total. The molecule has 0 fully saturated rings. The molecule has 0 saturated carbocycles. The number of benzene rings is 2. The predicted molar refractivity (Wildman–Crippen MR) is 121 cm³/mol. The molecule has 2 heterocycles. The minimum absolute atomic E-state index is 0.315. The molecule has 0 atom stereocenters. The highest BCUT2D eigenvalue weighted by Gasteiger charge is 2.25. The number of aromatic nitrogens is 1. The Morgan fingerprint density at radius 1 is 1.10 bits per heavy atom. The van der Waals surface area contributed by atoms with Crippen LogP contribution in [0.4, 0.5) is 5.69 Å². The second-order valence-electron chi connectivity index (χ2n) is 6.48. The maximum absolute atomic E-state index is 10.9. The van der Waals surface area contributed by atoms with Crippen molar-refractivity contribution in [3.63, 3.8) is 0 Å². The molecule has 2 aromatic carbocycles. The SMILES string of the molecule is O=S(=O)([O-])CCCCN1C(=Cc2nc3cc(Cl)ccc3s2)Sc2ccc(Cl)cc21. The molecule has 1 aliphatic heterocycles. The smallest absolute Gasteiger partial charge is 0.119 e. The second kappa shape index (κ2) is 8.45. The average Bonchev–Trinajstić information content (AvgIpc) is 3.18. The average molecular weight is 486 g/mol. The first-order chi connectivity index (χ1) is 13.8. The van der Waals surface area contributed by atoms with Crippen molar-refractivity contribution in [3.8, 4) is 0 Å². The van der Waals surface area contributed by atoms with Crippen LogP contribution in [0, 0.1) is 0 Å². The third-order valence-corrected chi connectivity index (χ3v) is 7.69. The number of fused-ring (bicyclic) bond motifs is 2. The van der Waals surface area contributed by atoms with E-state index in [0.29, 0.717) is 29.4 Å². The van der Waals surface area contributed by atoms with E-state index >= 15 is 0 Å². The van der Waals surface area contributed by atoms with E-state index in [1.165, 1.54) is 0 Å². The van der Waals surface area contributed by atoms with E-state index < -0.39 is 10.1 Å². The van der Waals surface area contributed by atoms with Gasteiger partial charge in [0.15, 0.2) is 0 Å². The van der Waals surface area contributed by atoms with E-state index in [9.17, 15) is 13.0 Å². The Labute approximate surface area is 187 Å². The number of nitrogens with zero attached hydrogens (tertiary/aromatic N) is 2. The van der Waals surface area contributed by atoms with Crippen molar-refractivity contribution in [1.29, 1.82) is 0 Å². The monoisotopic (exact) mass is 485 g/mol. The van der Waals surface area contributed by atoms with Crippen LogP contribution < -0.4 is 4.90 Å². The summed E-state index contributed by atoms with van der Waals surface area (Å²) < 4.78 is 33.7. The van der Waals surface area contributed by atoms with Gasteiger partial charge in [0.05, 0.1) is 31.1 Å². The van der Waals surface area contributed by atoms with Crippen molar-refractivity contribution >= 4 is 78.4 Å². The summed E-state index contributed by atoms with van der Waals surface area (Å²) in [5.41, 5.74) is 1.83. The number of thiazole rings is 1. The Bertz CT molecular complexity index is 1210. The maximum Gasteiger partial charge on any atom is 0.119 e. The normalized spacial score (nSPS) is 15.4. The second-order valence-corrected chi connectivity index (χ2v) is 11.0. The minimum atomic E-state index is -4.20. The molecule has 0 saturated heterocycles. The quantitative estimate of drug-likeness (QED) is 0.322. The highest BCUT2D eigenvalue weighted by Crippen LogP contribution is 2.48. The van der Waals surface area contributed by atoms with E-state index in [1.807, 2.05) is 42.5 Å². The number of rotatable bonds is 6. The summed E-state index contributed by atoms with van der Waals surface area (Å²) >= 11 is 15.4. The van der Waals surface area contributed by atoms with Crippen LogP contribution in [0.25, 0.3) is 16.3 Å². The van der Waals surface area contributed by atoms with Crippen LogP contribution in [-0.4, -0.2) is 30.3 Å². The summed E-state index contributed by atoms with van der Waals surface area (Å²) in [6.45, 7) is 0.582. The Hall–Kier alpha value is -1.29. The molecule has 4 rings (SSSR count). The minimum Gasteiger partial charge on any atom is -0.748 e. The van der Waals surface area contributed by atoms with Gasteiger partial charge < -0.3 is 9.45 Å². The summed E-state index contributed by atoms with van der Waals surface area (Å²) in [4.78, 5) is 7.82. The summed E-state index contributed by atoms with van der Waals surface area (Å²) in [5.74, 6) is -0.353. The van der Waals surface area contributed by atoms with Crippen LogP contribution in [0.3, 0.4) is 0 Å². The van der Waals surface area contributed by atoms with E-state index in [-0.39, 0.29) is 5.75 Å². The first kappa shape index (κ1) is 21.0. The van der Waals surface area contributed by atoms with Gasteiger partial charge in [-0.1, -0.05) is 35.0 Å². The molecule has 10 heteroatoms. The molecular weight excluding hydrogens is 471 g/mol. The van der Waals surface area contributed by atoms with Crippen molar-refractivity contribution in [2.24, 2.45) is 0 Å². The van der Waals surface area contributed by atoms with Crippen molar-refractivity contribution in [1.82, 2.24) is 4.98 Å². The molecule has 0 bridgehead atoms. The molecule has 0 unspecified atom stereocenters. The number of unbranched alkanes of at least 4 members (excludes halogenated alkanes) is 1. The first-order valence-corrected chi connectivity index (χ1v) is 12.7. The molecule has 0 aliphatic carbocycles. The zero-order valence-corrected chi connectivity index (χ0v) is 18.9. The summed E-state index contributed by atoms with van der Waals surface area (Å²) in [6, 6.07) is 11.3. The van der Waals surface area contributed by atoms with Crippen LogP contribution in [0.2, 0.25) is 10.0 Å². The molecule has 152 valence electrons. The summed E-state index contributed by atoms with van der Waals surface area (Å²) in [5, 5.41) is 3.12. The molecule has 1 aliphatic rings. The molecular formula is C19H15Cl2N2O3S3-. The molecule has 0 radical (unpaired) electrons. The van der Waals surface area contributed by atoms with Crippen LogP contribution in [0.5, 0.6) is 0 Å². The molecule has 0 amide bonds. The highest BCUT2D eigenvalue weighted by molar-refractivity contribution is 8.03. The van der Waals surface area contributed by atoms with Gasteiger partial charge in [0.25, 0.3) is 0 Å². The van der Waals surface area contributed by atoms with E-state index in [2.05, 4.69) is 9.88 Å². The van der Waals surface area contributed by atoms with Gasteiger partial charge in [-0.3, -0.25) is 0 Å². The fourth-order valence-corrected chi connectivity index (χ4v) is 6.00. The van der Waals surface area contributed by atoms with Gasteiger partial charge >= 0.3 is 0 Å². The summed E-state index contributed by atoms with van der Waals surface area (Å²) in [6.07, 6.45) is 2.90. The van der Waals surface area contributed by atoms with E-state index in [1.54, 1.807) is 23.1 Å². The van der Waals surface area contributed by atoms with Gasteiger partial charge in [0.2, 0.25) is 0 Å². The van der Waals surface area contributed by atoms with Gasteiger partial charge in [-0.25, -0.2) is 13.4 Å². The van der Waals surface area contributed by atoms with E-state index in [0.717, 1.165) is 30.8 Å². The van der Waals surface area contributed by atoms with Crippen molar-refractivity contribution in [2.45, 2.75) is 17.7 Å². The standard InChI is InChI=1S/C19H16Cl2N2O3S3/c20-12-3-5-16-14(9-12)22-18(27-16)11-19-23(7-1-2-8-29(24,25)26)15-10-13(21)4-6-17(15)28-19/h3-6,9-11H,1-2,7-8H2,(H,24,25,26)/p-1.